The van der Waals surface area contributed by atoms with Crippen molar-refractivity contribution in [2.45, 2.75) is 27.2 Å². The summed E-state index contributed by atoms with van der Waals surface area (Å²) in [6.45, 7) is 6.77. The van der Waals surface area contributed by atoms with Gasteiger partial charge in [0.15, 0.2) is 0 Å². The molecule has 2 heteroatoms. The van der Waals surface area contributed by atoms with Crippen molar-refractivity contribution < 1.29 is 0 Å². The fourth-order valence-electron chi connectivity index (χ4n) is 1.97. The monoisotopic (exact) mass is 226 g/mol. The number of benzene rings is 1. The summed E-state index contributed by atoms with van der Waals surface area (Å²) in [5, 5.41) is 0. The Kier molecular flexibility index (Phi) is 3.23. The number of hydrogen-bond donors (Lipinski definition) is 0. The molecule has 2 nitrogen and oxygen atoms in total. The highest BCUT2D eigenvalue weighted by molar-refractivity contribution is 5.65. The maximum Gasteiger partial charge on any atom is 0.115 e. The quantitative estimate of drug-likeness (QED) is 0.779. The molecule has 1 aromatic carbocycles. The Morgan fingerprint density at radius 1 is 1.00 bits per heavy atom. The molecule has 0 radical (unpaired) electrons. The Bertz CT molecular complexity index is 484. The molecule has 17 heavy (non-hydrogen) atoms. The Hall–Kier alpha value is -1.70. The van der Waals surface area contributed by atoms with Gasteiger partial charge < -0.3 is 0 Å². The number of nitrogens with zero attached hydrogens (tertiary/aromatic N) is 2. The lowest BCUT2D eigenvalue weighted by molar-refractivity contribution is 0.411. The third-order valence-electron chi connectivity index (χ3n) is 2.61. The van der Waals surface area contributed by atoms with Crippen molar-refractivity contribution in [2.24, 2.45) is 5.41 Å². The van der Waals surface area contributed by atoms with E-state index in [9.17, 15) is 0 Å². The highest BCUT2D eigenvalue weighted by atomic mass is 14.8. The minimum Gasteiger partial charge on any atom is -0.244 e. The second-order valence-electron chi connectivity index (χ2n) is 5.52. The molecule has 0 saturated heterocycles. The van der Waals surface area contributed by atoms with Crippen LogP contribution in [0.1, 0.15) is 26.3 Å². The van der Waals surface area contributed by atoms with E-state index in [-0.39, 0.29) is 5.41 Å². The van der Waals surface area contributed by atoms with E-state index in [1.807, 2.05) is 12.4 Å². The van der Waals surface area contributed by atoms with Gasteiger partial charge in [-0.3, -0.25) is 0 Å². The fraction of sp³-hybridized carbons (Fsp3) is 0.333. The smallest absolute Gasteiger partial charge is 0.115 e. The van der Waals surface area contributed by atoms with E-state index in [0.29, 0.717) is 0 Å². The SMILES string of the molecule is CC(C)(C)Cc1ccccc1-c1cncnc1. The molecule has 0 fully saturated rings. The zero-order valence-corrected chi connectivity index (χ0v) is 10.6. The molecule has 0 bridgehead atoms. The summed E-state index contributed by atoms with van der Waals surface area (Å²) in [4.78, 5) is 8.18. The Labute approximate surface area is 103 Å². The molecule has 0 aliphatic heterocycles. The van der Waals surface area contributed by atoms with Crippen LogP contribution in [0.2, 0.25) is 0 Å². The molecule has 0 unspecified atom stereocenters. The zero-order chi connectivity index (χ0) is 12.3. The number of hydrogen-bond acceptors (Lipinski definition) is 2. The van der Waals surface area contributed by atoms with Crippen LogP contribution < -0.4 is 0 Å². The first-order valence-corrected chi connectivity index (χ1v) is 5.89. The van der Waals surface area contributed by atoms with Gasteiger partial charge in [-0.05, 0) is 23.0 Å². The van der Waals surface area contributed by atoms with E-state index in [1.54, 1.807) is 6.33 Å². The minimum atomic E-state index is 0.283. The van der Waals surface area contributed by atoms with Crippen LogP contribution in [0.3, 0.4) is 0 Å². The lowest BCUT2D eigenvalue weighted by Crippen LogP contribution is -2.10. The standard InChI is InChI=1S/C15H18N2/c1-15(2,3)8-12-6-4-5-7-14(12)13-9-16-11-17-10-13/h4-7,9-11H,8H2,1-3H3. The highest BCUT2D eigenvalue weighted by Crippen LogP contribution is 2.28. The van der Waals surface area contributed by atoms with Crippen LogP contribution >= 0.6 is 0 Å². The van der Waals surface area contributed by atoms with Gasteiger partial charge in [0.2, 0.25) is 0 Å². The van der Waals surface area contributed by atoms with E-state index >= 15 is 0 Å². The van der Waals surface area contributed by atoms with Crippen LogP contribution in [-0.2, 0) is 6.42 Å². The van der Waals surface area contributed by atoms with Crippen molar-refractivity contribution in [1.29, 1.82) is 0 Å². The topological polar surface area (TPSA) is 25.8 Å². The average Bonchev–Trinajstić information content (AvgIpc) is 2.29. The number of aromatic nitrogens is 2. The molecule has 0 aliphatic carbocycles. The normalized spacial score (nSPS) is 11.5. The lowest BCUT2D eigenvalue weighted by Gasteiger charge is -2.20. The third-order valence-corrected chi connectivity index (χ3v) is 2.61. The van der Waals surface area contributed by atoms with E-state index in [4.69, 9.17) is 0 Å². The van der Waals surface area contributed by atoms with Crippen molar-refractivity contribution >= 4 is 0 Å². The Balaban J connectivity index is 2.41. The van der Waals surface area contributed by atoms with Crippen molar-refractivity contribution in [3.05, 3.63) is 48.5 Å². The molecule has 88 valence electrons. The van der Waals surface area contributed by atoms with Gasteiger partial charge in [0.25, 0.3) is 0 Å². The maximum atomic E-state index is 4.09. The van der Waals surface area contributed by atoms with E-state index < -0.39 is 0 Å². The Morgan fingerprint density at radius 3 is 2.29 bits per heavy atom. The molecule has 0 amide bonds. The molecule has 2 rings (SSSR count). The maximum absolute atomic E-state index is 4.09. The van der Waals surface area contributed by atoms with Crippen LogP contribution in [0.5, 0.6) is 0 Å². The molecule has 2 aromatic rings. The first-order chi connectivity index (χ1) is 8.06. The molecule has 0 aliphatic rings. The molecule has 0 spiro atoms. The van der Waals surface area contributed by atoms with E-state index in [2.05, 4.69) is 55.0 Å². The van der Waals surface area contributed by atoms with Gasteiger partial charge in [0, 0.05) is 18.0 Å². The highest BCUT2D eigenvalue weighted by Gasteiger charge is 2.14. The molecule has 0 N–H and O–H groups in total. The fourth-order valence-corrected chi connectivity index (χ4v) is 1.97. The van der Waals surface area contributed by atoms with Crippen molar-refractivity contribution in [2.75, 3.05) is 0 Å². The number of rotatable bonds is 2. The van der Waals surface area contributed by atoms with Gasteiger partial charge in [0.05, 0.1) is 0 Å². The second-order valence-corrected chi connectivity index (χ2v) is 5.52. The van der Waals surface area contributed by atoms with E-state index in [0.717, 1.165) is 12.0 Å². The van der Waals surface area contributed by atoms with Gasteiger partial charge in [-0.1, -0.05) is 45.0 Å². The van der Waals surface area contributed by atoms with Crippen LogP contribution in [-0.4, -0.2) is 9.97 Å². The predicted molar refractivity (Wildman–Crippen MR) is 70.6 cm³/mol. The molecule has 0 saturated carbocycles. The predicted octanol–water partition coefficient (Wildman–Crippen LogP) is 3.73. The summed E-state index contributed by atoms with van der Waals surface area (Å²) in [5.74, 6) is 0. The summed E-state index contributed by atoms with van der Waals surface area (Å²) < 4.78 is 0. The summed E-state index contributed by atoms with van der Waals surface area (Å²) >= 11 is 0. The van der Waals surface area contributed by atoms with Crippen LogP contribution in [0.15, 0.2) is 43.0 Å². The van der Waals surface area contributed by atoms with Gasteiger partial charge in [-0.15, -0.1) is 0 Å². The van der Waals surface area contributed by atoms with E-state index in [1.165, 1.54) is 11.1 Å². The van der Waals surface area contributed by atoms with Crippen molar-refractivity contribution in [3.8, 4) is 11.1 Å². The zero-order valence-electron chi connectivity index (χ0n) is 10.6. The summed E-state index contributed by atoms with van der Waals surface area (Å²) in [6.07, 6.45) is 6.36. The second kappa shape index (κ2) is 4.66. The third kappa shape index (κ3) is 3.13. The molecular weight excluding hydrogens is 208 g/mol. The molecule has 1 heterocycles. The van der Waals surface area contributed by atoms with Gasteiger partial charge in [-0.25, -0.2) is 9.97 Å². The van der Waals surface area contributed by atoms with Crippen LogP contribution in [0.25, 0.3) is 11.1 Å². The summed E-state index contributed by atoms with van der Waals surface area (Å²) in [5.41, 5.74) is 3.97. The van der Waals surface area contributed by atoms with Crippen LogP contribution in [0.4, 0.5) is 0 Å². The largest absolute Gasteiger partial charge is 0.244 e. The molecule has 1 aromatic heterocycles. The summed E-state index contributed by atoms with van der Waals surface area (Å²) in [7, 11) is 0. The Morgan fingerprint density at radius 2 is 1.65 bits per heavy atom. The molecule has 0 atom stereocenters. The van der Waals surface area contributed by atoms with Gasteiger partial charge in [-0.2, -0.15) is 0 Å². The first kappa shape index (κ1) is 11.8. The summed E-state index contributed by atoms with van der Waals surface area (Å²) in [6, 6.07) is 8.48. The lowest BCUT2D eigenvalue weighted by atomic mass is 9.85. The minimum absolute atomic E-state index is 0.283. The van der Waals surface area contributed by atoms with Crippen molar-refractivity contribution in [3.63, 3.8) is 0 Å². The molecular formula is C15H18N2. The first-order valence-electron chi connectivity index (χ1n) is 5.89. The van der Waals surface area contributed by atoms with Crippen LogP contribution in [0, 0.1) is 5.41 Å². The average molecular weight is 226 g/mol. The van der Waals surface area contributed by atoms with Gasteiger partial charge in [0.1, 0.15) is 6.33 Å². The van der Waals surface area contributed by atoms with Gasteiger partial charge >= 0.3 is 0 Å². The van der Waals surface area contributed by atoms with Crippen molar-refractivity contribution in [1.82, 2.24) is 9.97 Å².